The van der Waals surface area contributed by atoms with Crippen molar-refractivity contribution in [2.75, 3.05) is 5.32 Å². The summed E-state index contributed by atoms with van der Waals surface area (Å²) in [5.41, 5.74) is 1.52. The van der Waals surface area contributed by atoms with Crippen LogP contribution in [0.15, 0.2) is 35.0 Å². The van der Waals surface area contributed by atoms with Crippen LogP contribution in [0.4, 0.5) is 6.01 Å². The van der Waals surface area contributed by atoms with Crippen LogP contribution >= 0.6 is 11.6 Å². The van der Waals surface area contributed by atoms with E-state index in [1.54, 1.807) is 6.20 Å². The Morgan fingerprint density at radius 2 is 2.37 bits per heavy atom. The van der Waals surface area contributed by atoms with Crippen LogP contribution in [0.25, 0.3) is 11.0 Å². The van der Waals surface area contributed by atoms with Crippen LogP contribution in [0.3, 0.4) is 0 Å². The van der Waals surface area contributed by atoms with E-state index in [9.17, 15) is 4.79 Å². The number of aromatic amines is 1. The highest BCUT2D eigenvalue weighted by Crippen LogP contribution is 2.15. The van der Waals surface area contributed by atoms with Crippen LogP contribution in [-0.2, 0) is 11.2 Å². The lowest BCUT2D eigenvalue weighted by atomic mass is 10.2. The van der Waals surface area contributed by atoms with E-state index < -0.39 is 0 Å². The van der Waals surface area contributed by atoms with Crippen molar-refractivity contribution in [3.63, 3.8) is 0 Å². The molecule has 96 valence electrons. The Morgan fingerprint density at radius 1 is 1.47 bits per heavy atom. The lowest BCUT2D eigenvalue weighted by Crippen LogP contribution is -2.14. The summed E-state index contributed by atoms with van der Waals surface area (Å²) < 4.78 is 4.95. The van der Waals surface area contributed by atoms with Crippen LogP contribution in [0.2, 0.25) is 5.22 Å². The molecule has 0 spiro atoms. The number of fused-ring (bicyclic) bond motifs is 1. The van der Waals surface area contributed by atoms with Gasteiger partial charge in [-0.15, -0.1) is 0 Å². The molecule has 19 heavy (non-hydrogen) atoms. The number of anilines is 1. The number of rotatable bonds is 3. The Kier molecular flexibility index (Phi) is 2.92. The standard InChI is InChI=1S/C12H9ClN4O2/c13-9-6-15-12(19-9)17-10(18)5-8-4-7-2-1-3-14-11(7)16-8/h1-4,6H,5H2,(H,14,16)(H,15,17,18). The quantitative estimate of drug-likeness (QED) is 0.769. The normalized spacial score (nSPS) is 10.8. The number of nitrogens with zero attached hydrogens (tertiary/aromatic N) is 2. The van der Waals surface area contributed by atoms with Crippen molar-refractivity contribution >= 4 is 34.6 Å². The first kappa shape index (κ1) is 11.7. The number of oxazole rings is 1. The zero-order valence-electron chi connectivity index (χ0n) is 9.68. The lowest BCUT2D eigenvalue weighted by Gasteiger charge is -1.98. The number of carbonyl (C=O) groups excluding carboxylic acids is 1. The van der Waals surface area contributed by atoms with Gasteiger partial charge in [0.2, 0.25) is 11.1 Å². The van der Waals surface area contributed by atoms with E-state index in [2.05, 4.69) is 20.3 Å². The molecule has 0 unspecified atom stereocenters. The van der Waals surface area contributed by atoms with Crippen LogP contribution in [0, 0.1) is 0 Å². The number of halogens is 1. The number of nitrogens with one attached hydrogen (secondary N) is 2. The molecule has 3 aromatic rings. The SMILES string of the molecule is O=C(Cc1cc2cccnc2[nH]1)Nc1ncc(Cl)o1. The van der Waals surface area contributed by atoms with Crippen molar-refractivity contribution in [3.05, 3.63) is 41.5 Å². The molecule has 0 aliphatic heterocycles. The Balaban J connectivity index is 1.72. The molecule has 0 aliphatic rings. The first-order valence-electron chi connectivity index (χ1n) is 5.54. The summed E-state index contributed by atoms with van der Waals surface area (Å²) in [6, 6.07) is 5.73. The number of H-pyrrole nitrogens is 1. The molecule has 0 fully saturated rings. The third-order valence-electron chi connectivity index (χ3n) is 2.52. The van der Waals surface area contributed by atoms with Gasteiger partial charge >= 0.3 is 6.01 Å². The highest BCUT2D eigenvalue weighted by atomic mass is 35.5. The predicted molar refractivity (Wildman–Crippen MR) is 69.9 cm³/mol. The average Bonchev–Trinajstić information content (AvgIpc) is 2.94. The summed E-state index contributed by atoms with van der Waals surface area (Å²) >= 11 is 5.56. The molecule has 0 bridgehead atoms. The topological polar surface area (TPSA) is 83.8 Å². The molecule has 2 N–H and O–H groups in total. The van der Waals surface area contributed by atoms with Gasteiger partial charge < -0.3 is 9.40 Å². The predicted octanol–water partition coefficient (Wildman–Crippen LogP) is 2.39. The molecule has 0 atom stereocenters. The van der Waals surface area contributed by atoms with Crippen LogP contribution in [0.1, 0.15) is 5.69 Å². The Bertz CT molecular complexity index is 701. The largest absolute Gasteiger partial charge is 0.411 e. The second-order valence-electron chi connectivity index (χ2n) is 3.93. The highest BCUT2D eigenvalue weighted by Gasteiger charge is 2.10. The summed E-state index contributed by atoms with van der Waals surface area (Å²) in [4.78, 5) is 22.8. The summed E-state index contributed by atoms with van der Waals surface area (Å²) in [6.07, 6.45) is 3.19. The molecule has 0 saturated heterocycles. The third-order valence-corrected chi connectivity index (χ3v) is 2.70. The van der Waals surface area contributed by atoms with E-state index in [-0.39, 0.29) is 23.6 Å². The monoisotopic (exact) mass is 276 g/mol. The van der Waals surface area contributed by atoms with Gasteiger partial charge in [-0.1, -0.05) is 0 Å². The minimum Gasteiger partial charge on any atom is -0.411 e. The summed E-state index contributed by atoms with van der Waals surface area (Å²) in [5, 5.41) is 3.61. The molecule has 7 heteroatoms. The lowest BCUT2D eigenvalue weighted by molar-refractivity contribution is -0.115. The van der Waals surface area contributed by atoms with Gasteiger partial charge in [0, 0.05) is 17.3 Å². The molecule has 0 saturated carbocycles. The minimum atomic E-state index is -0.245. The van der Waals surface area contributed by atoms with Crippen molar-refractivity contribution in [3.8, 4) is 0 Å². The Labute approximate surface area is 112 Å². The van der Waals surface area contributed by atoms with Gasteiger partial charge in [0.25, 0.3) is 0 Å². The molecule has 1 amide bonds. The van der Waals surface area contributed by atoms with Crippen molar-refractivity contribution in [1.82, 2.24) is 15.0 Å². The van der Waals surface area contributed by atoms with Crippen molar-refractivity contribution < 1.29 is 9.21 Å². The average molecular weight is 277 g/mol. The smallest absolute Gasteiger partial charge is 0.302 e. The number of aromatic nitrogens is 3. The van der Waals surface area contributed by atoms with Crippen LogP contribution in [0.5, 0.6) is 0 Å². The molecular weight excluding hydrogens is 268 g/mol. The van der Waals surface area contributed by atoms with Crippen molar-refractivity contribution in [1.29, 1.82) is 0 Å². The van der Waals surface area contributed by atoms with Crippen molar-refractivity contribution in [2.24, 2.45) is 0 Å². The van der Waals surface area contributed by atoms with Gasteiger partial charge in [0.1, 0.15) is 5.65 Å². The Morgan fingerprint density at radius 3 is 3.11 bits per heavy atom. The summed E-state index contributed by atoms with van der Waals surface area (Å²) in [7, 11) is 0. The maximum Gasteiger partial charge on any atom is 0.302 e. The van der Waals surface area contributed by atoms with Crippen molar-refractivity contribution in [2.45, 2.75) is 6.42 Å². The molecule has 0 aromatic carbocycles. The van der Waals surface area contributed by atoms with Gasteiger partial charge in [0.05, 0.1) is 12.6 Å². The third kappa shape index (κ3) is 2.58. The van der Waals surface area contributed by atoms with Gasteiger partial charge in [-0.25, -0.2) is 9.97 Å². The van der Waals surface area contributed by atoms with E-state index in [0.29, 0.717) is 0 Å². The van der Waals surface area contributed by atoms with Crippen LogP contribution in [-0.4, -0.2) is 20.9 Å². The van der Waals surface area contributed by atoms with E-state index in [1.165, 1.54) is 6.20 Å². The molecular formula is C12H9ClN4O2. The van der Waals surface area contributed by atoms with Gasteiger partial charge in [0.15, 0.2) is 0 Å². The fraction of sp³-hybridized carbons (Fsp3) is 0.0833. The minimum absolute atomic E-state index is 0.0873. The van der Waals surface area contributed by atoms with Gasteiger partial charge in [-0.2, -0.15) is 0 Å². The second kappa shape index (κ2) is 4.74. The molecule has 0 radical (unpaired) electrons. The zero-order valence-corrected chi connectivity index (χ0v) is 10.4. The van der Waals surface area contributed by atoms with Crippen LogP contribution < -0.4 is 5.32 Å². The molecule has 3 aromatic heterocycles. The zero-order chi connectivity index (χ0) is 13.2. The second-order valence-corrected chi connectivity index (χ2v) is 4.30. The highest BCUT2D eigenvalue weighted by molar-refractivity contribution is 6.28. The molecule has 0 aliphatic carbocycles. The number of pyridine rings is 1. The van der Waals surface area contributed by atoms with E-state index in [0.717, 1.165) is 16.7 Å². The fourth-order valence-electron chi connectivity index (χ4n) is 1.76. The summed E-state index contributed by atoms with van der Waals surface area (Å²) in [6.45, 7) is 0. The number of carbonyl (C=O) groups is 1. The number of amides is 1. The van der Waals surface area contributed by atoms with Gasteiger partial charge in [-0.3, -0.25) is 10.1 Å². The van der Waals surface area contributed by atoms with E-state index >= 15 is 0 Å². The maximum atomic E-state index is 11.8. The first-order chi connectivity index (χ1) is 9.20. The summed E-state index contributed by atoms with van der Waals surface area (Å²) in [5.74, 6) is -0.245. The number of hydrogen-bond donors (Lipinski definition) is 2. The first-order valence-corrected chi connectivity index (χ1v) is 5.92. The molecule has 6 nitrogen and oxygen atoms in total. The van der Waals surface area contributed by atoms with Gasteiger partial charge in [-0.05, 0) is 29.8 Å². The number of hydrogen-bond acceptors (Lipinski definition) is 4. The molecule has 3 rings (SSSR count). The fourth-order valence-corrected chi connectivity index (χ4v) is 1.88. The van der Waals surface area contributed by atoms with E-state index in [4.69, 9.17) is 16.0 Å². The maximum absolute atomic E-state index is 11.8. The Hall–Kier alpha value is -2.34. The van der Waals surface area contributed by atoms with E-state index in [1.807, 2.05) is 18.2 Å². The molecule has 3 heterocycles.